The number of hydrogen-bond acceptors (Lipinski definition) is 4. The molecule has 0 bridgehead atoms. The van der Waals surface area contributed by atoms with E-state index in [0.717, 1.165) is 24.9 Å². The lowest BCUT2D eigenvalue weighted by Gasteiger charge is -2.09. The number of pyridine rings is 1. The molecule has 28 heavy (non-hydrogen) atoms. The number of benzene rings is 1. The third kappa shape index (κ3) is 5.73. The third-order valence-corrected chi connectivity index (χ3v) is 5.85. The molecule has 6 heteroatoms. The first-order chi connectivity index (χ1) is 13.7. The number of aromatic nitrogens is 1. The zero-order valence-electron chi connectivity index (χ0n) is 15.7. The van der Waals surface area contributed by atoms with Crippen LogP contribution < -0.4 is 10.0 Å². The lowest BCUT2D eigenvalue weighted by atomic mass is 10.2. The third-order valence-electron chi connectivity index (χ3n) is 4.33. The van der Waals surface area contributed by atoms with Crippen LogP contribution in [0.1, 0.15) is 12.8 Å². The minimum Gasteiger partial charge on any atom is -0.313 e. The highest BCUT2D eigenvalue weighted by atomic mass is 32.2. The van der Waals surface area contributed by atoms with Crippen LogP contribution in [0.25, 0.3) is 10.8 Å². The molecule has 3 rings (SSSR count). The molecule has 5 nitrogen and oxygen atoms in total. The molecule has 2 aromatic rings. The van der Waals surface area contributed by atoms with Gasteiger partial charge in [0.2, 0.25) is 10.0 Å². The number of fused-ring (bicyclic) bond motifs is 1. The summed E-state index contributed by atoms with van der Waals surface area (Å²) in [5.74, 6) is 0. The van der Waals surface area contributed by atoms with Gasteiger partial charge in [0.1, 0.15) is 0 Å². The molecule has 1 aliphatic carbocycles. The maximum absolute atomic E-state index is 12.6. The van der Waals surface area contributed by atoms with Crippen molar-refractivity contribution in [2.75, 3.05) is 19.6 Å². The molecular weight excluding hydrogens is 370 g/mol. The van der Waals surface area contributed by atoms with E-state index < -0.39 is 10.0 Å². The van der Waals surface area contributed by atoms with Gasteiger partial charge in [0, 0.05) is 36.3 Å². The Bertz CT molecular complexity index is 1020. The quantitative estimate of drug-likeness (QED) is 0.638. The number of nitrogens with zero attached hydrogens (tertiary/aromatic N) is 1. The van der Waals surface area contributed by atoms with E-state index in [4.69, 9.17) is 0 Å². The summed E-state index contributed by atoms with van der Waals surface area (Å²) in [5.41, 5.74) is 1.17. The van der Waals surface area contributed by atoms with Crippen LogP contribution in [0, 0.1) is 0 Å². The maximum Gasteiger partial charge on any atom is 0.241 e. The van der Waals surface area contributed by atoms with E-state index in [1.165, 1.54) is 5.57 Å². The summed E-state index contributed by atoms with van der Waals surface area (Å²) in [6.45, 7) is 1.87. The first-order valence-corrected chi connectivity index (χ1v) is 10.9. The monoisotopic (exact) mass is 395 g/mol. The fraction of sp³-hybridized carbons (Fsp3) is 0.227. The van der Waals surface area contributed by atoms with Gasteiger partial charge in [-0.1, -0.05) is 54.7 Å². The van der Waals surface area contributed by atoms with Gasteiger partial charge in [0.15, 0.2) is 0 Å². The van der Waals surface area contributed by atoms with Crippen LogP contribution in [0.15, 0.2) is 89.7 Å². The Labute approximate surface area is 166 Å². The van der Waals surface area contributed by atoms with Crippen molar-refractivity contribution in [3.8, 4) is 0 Å². The van der Waals surface area contributed by atoms with E-state index in [1.54, 1.807) is 30.6 Å². The van der Waals surface area contributed by atoms with E-state index in [9.17, 15) is 8.42 Å². The van der Waals surface area contributed by atoms with Crippen LogP contribution >= 0.6 is 0 Å². The van der Waals surface area contributed by atoms with Crippen LogP contribution in [-0.4, -0.2) is 33.0 Å². The molecule has 0 unspecified atom stereocenters. The van der Waals surface area contributed by atoms with Gasteiger partial charge in [-0.05, 0) is 37.1 Å². The van der Waals surface area contributed by atoms with Gasteiger partial charge in [-0.15, -0.1) is 0 Å². The van der Waals surface area contributed by atoms with Gasteiger partial charge < -0.3 is 5.32 Å². The van der Waals surface area contributed by atoms with Crippen LogP contribution in [0.4, 0.5) is 0 Å². The molecule has 0 aliphatic heterocycles. The van der Waals surface area contributed by atoms with Crippen LogP contribution in [0.2, 0.25) is 0 Å². The van der Waals surface area contributed by atoms with Gasteiger partial charge in [-0.3, -0.25) is 4.98 Å². The number of sulfonamides is 1. The SMILES string of the molecule is O=S(=O)(NCCCNC/C=C\C1=CC=CCC=C1)c1cccc2cnccc12. The smallest absolute Gasteiger partial charge is 0.241 e. The topological polar surface area (TPSA) is 71.1 Å². The molecule has 0 atom stereocenters. The van der Waals surface area contributed by atoms with Crippen molar-refractivity contribution in [2.45, 2.75) is 17.7 Å². The normalized spacial score (nSPS) is 14.5. The second kappa shape index (κ2) is 10.1. The lowest BCUT2D eigenvalue weighted by Crippen LogP contribution is -2.27. The molecule has 1 aromatic heterocycles. The molecule has 0 amide bonds. The number of hydrogen-bond donors (Lipinski definition) is 2. The molecule has 1 heterocycles. The Kier molecular flexibility index (Phi) is 7.31. The van der Waals surface area contributed by atoms with Gasteiger partial charge in [-0.25, -0.2) is 13.1 Å². The summed E-state index contributed by atoms with van der Waals surface area (Å²) >= 11 is 0. The van der Waals surface area contributed by atoms with E-state index >= 15 is 0 Å². The Balaban J connectivity index is 1.42. The van der Waals surface area contributed by atoms with Crippen molar-refractivity contribution in [2.24, 2.45) is 0 Å². The number of rotatable bonds is 9. The molecular formula is C22H25N3O2S. The van der Waals surface area contributed by atoms with Crippen molar-refractivity contribution < 1.29 is 8.42 Å². The molecule has 0 fully saturated rings. The average Bonchev–Trinajstić information content (AvgIpc) is 2.98. The number of allylic oxidation sites excluding steroid dienone is 7. The van der Waals surface area contributed by atoms with Crippen LogP contribution in [-0.2, 0) is 10.0 Å². The Hall–Kier alpha value is -2.54. The van der Waals surface area contributed by atoms with E-state index in [0.29, 0.717) is 23.2 Å². The predicted molar refractivity (Wildman–Crippen MR) is 115 cm³/mol. The van der Waals surface area contributed by atoms with Crippen molar-refractivity contribution in [1.82, 2.24) is 15.0 Å². The Morgan fingerprint density at radius 3 is 3.00 bits per heavy atom. The summed E-state index contributed by atoms with van der Waals surface area (Å²) in [6.07, 6.45) is 19.6. The Morgan fingerprint density at radius 1 is 1.14 bits per heavy atom. The molecule has 0 saturated heterocycles. The minimum absolute atomic E-state index is 0.294. The van der Waals surface area contributed by atoms with Crippen molar-refractivity contribution in [3.05, 3.63) is 84.8 Å². The standard InChI is InChI=1S/C22H25N3O2S/c26-28(27,22-12-5-11-20-18-24-17-13-21(20)22)25-16-7-15-23-14-6-10-19-8-3-1-2-4-9-19/h1,3-6,8-13,17-18,23,25H,2,7,14-16H2/b10-6-. The summed E-state index contributed by atoms with van der Waals surface area (Å²) in [5, 5.41) is 4.80. The van der Waals surface area contributed by atoms with Crippen LogP contribution in [0.5, 0.6) is 0 Å². The number of nitrogens with one attached hydrogen (secondary N) is 2. The molecule has 2 N–H and O–H groups in total. The maximum atomic E-state index is 12.6. The van der Waals surface area contributed by atoms with E-state index in [1.807, 2.05) is 6.07 Å². The lowest BCUT2D eigenvalue weighted by molar-refractivity contribution is 0.577. The highest BCUT2D eigenvalue weighted by Crippen LogP contribution is 2.21. The zero-order chi connectivity index (χ0) is 19.7. The summed E-state index contributed by atoms with van der Waals surface area (Å²) in [6, 6.07) is 6.95. The van der Waals surface area contributed by atoms with E-state index in [-0.39, 0.29) is 0 Å². The molecule has 0 saturated carbocycles. The van der Waals surface area contributed by atoms with Gasteiger partial charge >= 0.3 is 0 Å². The molecule has 1 aromatic carbocycles. The van der Waals surface area contributed by atoms with E-state index in [2.05, 4.69) is 57.6 Å². The second-order valence-electron chi connectivity index (χ2n) is 6.44. The fourth-order valence-corrected chi connectivity index (χ4v) is 4.21. The zero-order valence-corrected chi connectivity index (χ0v) is 16.5. The van der Waals surface area contributed by atoms with Crippen LogP contribution in [0.3, 0.4) is 0 Å². The largest absolute Gasteiger partial charge is 0.313 e. The fourth-order valence-electron chi connectivity index (χ4n) is 2.91. The summed E-state index contributed by atoms with van der Waals surface area (Å²) in [4.78, 5) is 4.34. The summed E-state index contributed by atoms with van der Waals surface area (Å²) in [7, 11) is -3.54. The van der Waals surface area contributed by atoms with Gasteiger partial charge in [-0.2, -0.15) is 0 Å². The summed E-state index contributed by atoms with van der Waals surface area (Å²) < 4.78 is 27.9. The minimum atomic E-state index is -3.54. The molecule has 0 spiro atoms. The van der Waals surface area contributed by atoms with Crippen molar-refractivity contribution in [3.63, 3.8) is 0 Å². The second-order valence-corrected chi connectivity index (χ2v) is 8.18. The molecule has 0 radical (unpaired) electrons. The van der Waals surface area contributed by atoms with Crippen molar-refractivity contribution >= 4 is 20.8 Å². The van der Waals surface area contributed by atoms with Gasteiger partial charge in [0.05, 0.1) is 4.90 Å². The molecule has 1 aliphatic rings. The van der Waals surface area contributed by atoms with Gasteiger partial charge in [0.25, 0.3) is 0 Å². The van der Waals surface area contributed by atoms with Crippen molar-refractivity contribution in [1.29, 1.82) is 0 Å². The molecule has 146 valence electrons. The predicted octanol–water partition coefficient (Wildman–Crippen LogP) is 3.49. The first kappa shape index (κ1) is 20.2. The highest BCUT2D eigenvalue weighted by molar-refractivity contribution is 7.89. The highest BCUT2D eigenvalue weighted by Gasteiger charge is 2.16. The first-order valence-electron chi connectivity index (χ1n) is 9.40. The average molecular weight is 396 g/mol. The Morgan fingerprint density at radius 2 is 2.07 bits per heavy atom.